The average molecular weight is 415 g/mol. The second-order valence-corrected chi connectivity index (χ2v) is 8.64. The van der Waals surface area contributed by atoms with E-state index in [0.29, 0.717) is 11.8 Å². The summed E-state index contributed by atoms with van der Waals surface area (Å²) in [6.45, 7) is 1.78. The first-order valence-corrected chi connectivity index (χ1v) is 10.9. The quantitative estimate of drug-likeness (QED) is 0.755. The van der Waals surface area contributed by atoms with Crippen LogP contribution >= 0.6 is 0 Å². The highest BCUT2D eigenvalue weighted by Crippen LogP contribution is 2.37. The van der Waals surface area contributed by atoms with Crippen molar-refractivity contribution in [3.63, 3.8) is 0 Å². The van der Waals surface area contributed by atoms with Gasteiger partial charge in [0.05, 0.1) is 6.04 Å². The highest BCUT2D eigenvalue weighted by molar-refractivity contribution is 5.81. The van der Waals surface area contributed by atoms with Crippen LogP contribution in [-0.4, -0.2) is 69.9 Å². The summed E-state index contributed by atoms with van der Waals surface area (Å²) in [6.07, 6.45) is 9.98. The number of likely N-dealkylation sites (tertiary alicyclic amines) is 1. The van der Waals surface area contributed by atoms with E-state index < -0.39 is 0 Å². The predicted octanol–water partition coefficient (Wildman–Crippen LogP) is 2.05. The lowest BCUT2D eigenvalue weighted by Crippen LogP contribution is -2.43. The van der Waals surface area contributed by atoms with Gasteiger partial charge in [-0.15, -0.1) is 0 Å². The molecule has 1 saturated heterocycles. The number of nitrogens with zero attached hydrogens (tertiary/aromatic N) is 5. The first-order chi connectivity index (χ1) is 14.5. The van der Waals surface area contributed by atoms with Gasteiger partial charge in [0, 0.05) is 38.8 Å². The summed E-state index contributed by atoms with van der Waals surface area (Å²) in [6, 6.07) is 5.90. The zero-order chi connectivity index (χ0) is 21.5. The molecule has 8 nitrogen and oxygen atoms in total. The van der Waals surface area contributed by atoms with Crippen LogP contribution in [0.15, 0.2) is 24.5 Å². The van der Waals surface area contributed by atoms with E-state index in [1.807, 2.05) is 15.5 Å². The summed E-state index contributed by atoms with van der Waals surface area (Å²) in [5, 5.41) is 4.36. The van der Waals surface area contributed by atoms with Crippen molar-refractivity contribution in [2.45, 2.75) is 56.9 Å². The molecule has 1 aliphatic carbocycles. The van der Waals surface area contributed by atoms with E-state index in [2.05, 4.69) is 22.2 Å². The molecule has 0 aromatic carbocycles. The fourth-order valence-corrected chi connectivity index (χ4v) is 4.50. The number of rotatable bonds is 5. The summed E-state index contributed by atoms with van der Waals surface area (Å²) in [5.41, 5.74) is 8.39. The molecule has 2 fully saturated rings. The van der Waals surface area contributed by atoms with E-state index in [4.69, 9.17) is 5.73 Å². The Morgan fingerprint density at radius 3 is 2.53 bits per heavy atom. The maximum Gasteiger partial charge on any atom is 0.239 e. The summed E-state index contributed by atoms with van der Waals surface area (Å²) in [7, 11) is 3.38. The summed E-state index contributed by atoms with van der Waals surface area (Å²) < 4.78 is 1.97. The monoisotopic (exact) mass is 414 g/mol. The molecule has 0 radical (unpaired) electrons. The van der Waals surface area contributed by atoms with E-state index in [1.165, 1.54) is 10.6 Å². The third-order valence-electron chi connectivity index (χ3n) is 6.13. The van der Waals surface area contributed by atoms with Gasteiger partial charge in [0.15, 0.2) is 5.65 Å². The number of aromatic nitrogens is 3. The molecule has 0 bridgehead atoms. The van der Waals surface area contributed by atoms with Crippen LogP contribution < -0.4 is 5.73 Å². The molecule has 1 aliphatic heterocycles. The van der Waals surface area contributed by atoms with Crippen LogP contribution in [0.5, 0.6) is 0 Å². The molecule has 1 atom stereocenters. The Bertz CT molecular complexity index is 822. The van der Waals surface area contributed by atoms with Gasteiger partial charge in [-0.2, -0.15) is 5.10 Å². The van der Waals surface area contributed by atoms with E-state index in [9.17, 15) is 9.59 Å². The van der Waals surface area contributed by atoms with Gasteiger partial charge in [-0.1, -0.05) is 6.07 Å². The van der Waals surface area contributed by atoms with Crippen LogP contribution in [0.1, 0.15) is 56.6 Å². The fourth-order valence-electron chi connectivity index (χ4n) is 4.50. The molecule has 4 rings (SSSR count). The van der Waals surface area contributed by atoms with Crippen molar-refractivity contribution in [3.05, 3.63) is 30.2 Å². The molecule has 30 heavy (non-hydrogen) atoms. The summed E-state index contributed by atoms with van der Waals surface area (Å²) in [5.74, 6) is 1.24. The fraction of sp³-hybridized carbons (Fsp3) is 0.636. The summed E-state index contributed by atoms with van der Waals surface area (Å²) in [4.78, 5) is 29.5. The van der Waals surface area contributed by atoms with Crippen LogP contribution in [0.2, 0.25) is 0 Å². The van der Waals surface area contributed by atoms with Gasteiger partial charge >= 0.3 is 0 Å². The molecular formula is C22H34N6O2. The van der Waals surface area contributed by atoms with Gasteiger partial charge < -0.3 is 15.5 Å². The normalized spacial score (nSPS) is 22.3. The van der Waals surface area contributed by atoms with Gasteiger partial charge in [0.1, 0.15) is 6.33 Å². The zero-order valence-electron chi connectivity index (χ0n) is 18.1. The topological polar surface area (TPSA) is 96.8 Å². The van der Waals surface area contributed by atoms with E-state index in [1.54, 1.807) is 20.4 Å². The number of hydrogen-bond acceptors (Lipinski definition) is 5. The number of fused-ring (bicyclic) bond motifs is 1. The Kier molecular flexibility index (Phi) is 7.79. The number of hydrogen-bond donors (Lipinski definition) is 1. The lowest BCUT2D eigenvalue weighted by molar-refractivity contribution is -0.132. The van der Waals surface area contributed by atoms with E-state index in [0.717, 1.165) is 70.1 Å². The van der Waals surface area contributed by atoms with Crippen molar-refractivity contribution in [1.82, 2.24) is 24.4 Å². The molecule has 164 valence electrons. The standard InChI is InChI=1S/C19H27N5O.C3H7NO/c20-16(19(25)23-10-1-2-11-23)12-14-6-8-15(9-7-14)17-4-3-5-18-21-13-22-24(17)18;1-4(2)3-5/h3-5,13-16H,1-2,6-12,20H2;3H,1-2H3/t14?,15?,16-;/m0./s1. The molecule has 2 aromatic heterocycles. The van der Waals surface area contributed by atoms with E-state index >= 15 is 0 Å². The molecule has 2 aliphatic rings. The van der Waals surface area contributed by atoms with Crippen molar-refractivity contribution in [2.24, 2.45) is 11.7 Å². The van der Waals surface area contributed by atoms with Crippen LogP contribution in [0.25, 0.3) is 5.65 Å². The third kappa shape index (κ3) is 5.56. The van der Waals surface area contributed by atoms with Gasteiger partial charge in [-0.05, 0) is 63.0 Å². The minimum Gasteiger partial charge on any atom is -0.351 e. The van der Waals surface area contributed by atoms with Crippen molar-refractivity contribution in [3.8, 4) is 0 Å². The van der Waals surface area contributed by atoms with Crippen molar-refractivity contribution in [1.29, 1.82) is 0 Å². The number of nitrogens with two attached hydrogens (primary N) is 1. The van der Waals surface area contributed by atoms with Gasteiger partial charge in [0.2, 0.25) is 12.3 Å². The highest BCUT2D eigenvalue weighted by Gasteiger charge is 2.29. The number of pyridine rings is 1. The Morgan fingerprint density at radius 1 is 1.23 bits per heavy atom. The molecule has 2 aromatic rings. The minimum absolute atomic E-state index is 0.159. The third-order valence-corrected chi connectivity index (χ3v) is 6.13. The number of carbonyl (C=O) groups excluding carboxylic acids is 2. The average Bonchev–Trinajstić information content (AvgIpc) is 3.46. The SMILES string of the molecule is CN(C)C=O.N[C@@H](CC1CCC(c2cccc3ncnn23)CC1)C(=O)N1CCCC1. The second-order valence-electron chi connectivity index (χ2n) is 8.64. The van der Waals surface area contributed by atoms with E-state index in [-0.39, 0.29) is 11.9 Å². The molecule has 1 saturated carbocycles. The van der Waals surface area contributed by atoms with Gasteiger partial charge in [0.25, 0.3) is 0 Å². The Labute approximate surface area is 178 Å². The molecule has 8 heteroatoms. The lowest BCUT2D eigenvalue weighted by Gasteiger charge is -2.31. The van der Waals surface area contributed by atoms with Crippen molar-refractivity contribution >= 4 is 18.0 Å². The maximum absolute atomic E-state index is 12.4. The Morgan fingerprint density at radius 2 is 1.90 bits per heavy atom. The van der Waals surface area contributed by atoms with Gasteiger partial charge in [-0.25, -0.2) is 9.50 Å². The van der Waals surface area contributed by atoms with Crippen LogP contribution in [0.3, 0.4) is 0 Å². The zero-order valence-corrected chi connectivity index (χ0v) is 18.1. The van der Waals surface area contributed by atoms with Gasteiger partial charge in [-0.3, -0.25) is 9.59 Å². The first-order valence-electron chi connectivity index (χ1n) is 10.9. The predicted molar refractivity (Wildman–Crippen MR) is 116 cm³/mol. The lowest BCUT2D eigenvalue weighted by atomic mass is 9.78. The second kappa shape index (κ2) is 10.5. The van der Waals surface area contributed by atoms with Crippen LogP contribution in [0, 0.1) is 5.92 Å². The smallest absolute Gasteiger partial charge is 0.239 e. The largest absolute Gasteiger partial charge is 0.351 e. The Hall–Kier alpha value is -2.48. The van der Waals surface area contributed by atoms with Crippen molar-refractivity contribution in [2.75, 3.05) is 27.2 Å². The summed E-state index contributed by atoms with van der Waals surface area (Å²) >= 11 is 0. The maximum atomic E-state index is 12.4. The molecule has 3 heterocycles. The molecular weight excluding hydrogens is 380 g/mol. The molecule has 2 amide bonds. The molecule has 0 spiro atoms. The Balaban J connectivity index is 0.000000461. The highest BCUT2D eigenvalue weighted by atomic mass is 16.2. The number of carbonyl (C=O) groups is 2. The van der Waals surface area contributed by atoms with Crippen LogP contribution in [-0.2, 0) is 9.59 Å². The minimum atomic E-state index is -0.321. The van der Waals surface area contributed by atoms with Crippen molar-refractivity contribution < 1.29 is 9.59 Å². The van der Waals surface area contributed by atoms with Crippen LogP contribution in [0.4, 0.5) is 0 Å². The number of amides is 2. The first kappa shape index (κ1) is 22.2. The molecule has 2 N–H and O–H groups in total. The molecule has 0 unspecified atom stereocenters.